The molecule has 0 unspecified atom stereocenters. The van der Waals surface area contributed by atoms with Crippen molar-refractivity contribution in [3.8, 4) is 0 Å². The average Bonchev–Trinajstić information content (AvgIpc) is 2.39. The van der Waals surface area contributed by atoms with E-state index in [4.69, 9.17) is 0 Å². The van der Waals surface area contributed by atoms with Gasteiger partial charge in [0.1, 0.15) is 0 Å². The van der Waals surface area contributed by atoms with Gasteiger partial charge in [-0.25, -0.2) is 0 Å². The Morgan fingerprint density at radius 2 is 0.875 bits per heavy atom. The molecule has 16 heavy (non-hydrogen) atoms. The molecule has 0 saturated heterocycles. The Kier molecular flexibility index (Phi) is 3.05. The molecule has 2 rings (SSSR count). The minimum atomic E-state index is 0.480. The van der Waals surface area contributed by atoms with Crippen LogP contribution < -0.4 is 10.3 Å². The van der Waals surface area contributed by atoms with Crippen LogP contribution in [0.25, 0.3) is 0 Å². The third-order valence-corrected chi connectivity index (χ3v) is 2.15. The van der Waals surface area contributed by atoms with E-state index < -0.39 is 0 Å². The van der Waals surface area contributed by atoms with Crippen LogP contribution in [0.4, 0.5) is 11.4 Å². The van der Waals surface area contributed by atoms with Crippen LogP contribution in [0.1, 0.15) is 0 Å². The highest BCUT2D eigenvalue weighted by molar-refractivity contribution is 5.52. The molecule has 0 heterocycles. The van der Waals surface area contributed by atoms with Gasteiger partial charge in [0, 0.05) is 0 Å². The largest absolute Gasteiger partial charge is 0.267 e. The van der Waals surface area contributed by atoms with E-state index in [0.717, 1.165) is 0 Å². The van der Waals surface area contributed by atoms with Crippen LogP contribution in [0.3, 0.4) is 0 Å². The Bertz CT molecular complexity index is 390. The van der Waals surface area contributed by atoms with Crippen LogP contribution in [0.5, 0.6) is 0 Å². The number of rotatable bonds is 3. The fourth-order valence-corrected chi connectivity index (χ4v) is 1.34. The minimum Gasteiger partial charge on any atom is -0.267 e. The maximum atomic E-state index is 9.75. The van der Waals surface area contributed by atoms with Gasteiger partial charge in [0.05, 0.1) is 11.4 Å². The quantitative estimate of drug-likeness (QED) is 0.774. The highest BCUT2D eigenvalue weighted by atomic mass is 16.7. The first-order chi connectivity index (χ1) is 7.79. The number of nitrogens with zero attached hydrogens (tertiary/aromatic N) is 2. The van der Waals surface area contributed by atoms with Crippen LogP contribution in [0.15, 0.2) is 60.7 Å². The summed E-state index contributed by atoms with van der Waals surface area (Å²) in [4.78, 5) is 0. The van der Waals surface area contributed by atoms with Crippen LogP contribution in [-0.4, -0.2) is 10.4 Å². The smallest absolute Gasteiger partial charge is 0.0903 e. The van der Waals surface area contributed by atoms with Gasteiger partial charge in [-0.2, -0.15) is 0 Å². The zero-order valence-corrected chi connectivity index (χ0v) is 8.56. The van der Waals surface area contributed by atoms with Gasteiger partial charge in [-0.3, -0.25) is 10.4 Å². The molecule has 0 aromatic heterocycles. The summed E-state index contributed by atoms with van der Waals surface area (Å²) in [6, 6.07) is 17.5. The molecule has 0 aliphatic heterocycles. The first kappa shape index (κ1) is 10.5. The lowest BCUT2D eigenvalue weighted by Gasteiger charge is -2.26. The summed E-state index contributed by atoms with van der Waals surface area (Å²) < 4.78 is 0. The fourth-order valence-electron chi connectivity index (χ4n) is 1.34. The summed E-state index contributed by atoms with van der Waals surface area (Å²) in [5.41, 5.74) is 0.961. The third kappa shape index (κ3) is 2.13. The Morgan fingerprint density at radius 1 is 0.562 bits per heavy atom. The zero-order valence-electron chi connectivity index (χ0n) is 8.56. The first-order valence-corrected chi connectivity index (χ1v) is 4.87. The number of benzene rings is 2. The summed E-state index contributed by atoms with van der Waals surface area (Å²) in [5, 5.41) is 20.9. The Labute approximate surface area is 93.5 Å². The fraction of sp³-hybridized carbons (Fsp3) is 0. The van der Waals surface area contributed by atoms with E-state index >= 15 is 0 Å². The lowest BCUT2D eigenvalue weighted by molar-refractivity contribution is 0.118. The summed E-state index contributed by atoms with van der Waals surface area (Å²) >= 11 is 0. The van der Waals surface area contributed by atoms with Crippen molar-refractivity contribution < 1.29 is 10.4 Å². The molecule has 2 aromatic rings. The van der Waals surface area contributed by atoms with Gasteiger partial charge in [-0.15, -0.1) is 10.3 Å². The van der Waals surface area contributed by atoms with E-state index in [9.17, 15) is 10.4 Å². The molecule has 0 bridgehead atoms. The molecular weight excluding hydrogens is 204 g/mol. The second kappa shape index (κ2) is 4.65. The van der Waals surface area contributed by atoms with Gasteiger partial charge >= 0.3 is 0 Å². The molecule has 4 heteroatoms. The Balaban J connectivity index is 2.20. The molecule has 0 aliphatic rings. The first-order valence-electron chi connectivity index (χ1n) is 4.87. The van der Waals surface area contributed by atoms with E-state index in [1.54, 1.807) is 48.5 Å². The van der Waals surface area contributed by atoms with E-state index in [-0.39, 0.29) is 0 Å². The van der Waals surface area contributed by atoms with Crippen molar-refractivity contribution >= 4 is 11.4 Å². The SMILES string of the molecule is ON(c1ccccc1)N(O)c1ccccc1. The molecule has 0 radical (unpaired) electrons. The summed E-state index contributed by atoms with van der Waals surface area (Å²) in [7, 11) is 0. The van der Waals surface area contributed by atoms with Crippen LogP contribution in [0.2, 0.25) is 0 Å². The van der Waals surface area contributed by atoms with Crippen LogP contribution in [-0.2, 0) is 0 Å². The second-order valence-corrected chi connectivity index (χ2v) is 3.25. The third-order valence-electron chi connectivity index (χ3n) is 2.15. The predicted octanol–water partition coefficient (Wildman–Crippen LogP) is 2.69. The van der Waals surface area contributed by atoms with Crippen molar-refractivity contribution in [3.05, 3.63) is 60.7 Å². The number of hydrazine groups is 1. The molecule has 0 saturated carbocycles. The maximum absolute atomic E-state index is 9.75. The molecule has 4 nitrogen and oxygen atoms in total. The van der Waals surface area contributed by atoms with Crippen molar-refractivity contribution in [2.24, 2.45) is 0 Å². The second-order valence-electron chi connectivity index (χ2n) is 3.25. The predicted molar refractivity (Wildman–Crippen MR) is 61.4 cm³/mol. The van der Waals surface area contributed by atoms with E-state index in [2.05, 4.69) is 0 Å². The summed E-state index contributed by atoms with van der Waals surface area (Å²) in [6.45, 7) is 0. The van der Waals surface area contributed by atoms with Crippen molar-refractivity contribution in [2.45, 2.75) is 0 Å². The molecule has 0 spiro atoms. The van der Waals surface area contributed by atoms with Crippen LogP contribution in [0, 0.1) is 0 Å². The van der Waals surface area contributed by atoms with Crippen molar-refractivity contribution in [2.75, 3.05) is 10.3 Å². The number of hydrogen-bond acceptors (Lipinski definition) is 4. The normalized spacial score (nSPS) is 9.88. The van der Waals surface area contributed by atoms with Gasteiger partial charge in [-0.1, -0.05) is 36.4 Å². The maximum Gasteiger partial charge on any atom is 0.0903 e. The molecule has 2 aromatic carbocycles. The van der Waals surface area contributed by atoms with E-state index in [0.29, 0.717) is 21.7 Å². The van der Waals surface area contributed by atoms with Crippen molar-refractivity contribution in [1.82, 2.24) is 0 Å². The molecule has 82 valence electrons. The number of hydrogen-bond donors (Lipinski definition) is 2. The standard InChI is InChI=1S/C12H12N2O2/c15-13(11-7-3-1-4-8-11)14(16)12-9-5-2-6-10-12/h1-10,15-16H. The molecule has 0 aliphatic carbocycles. The van der Waals surface area contributed by atoms with Gasteiger partial charge in [0.15, 0.2) is 0 Å². The van der Waals surface area contributed by atoms with Gasteiger partial charge in [-0.05, 0) is 24.3 Å². The van der Waals surface area contributed by atoms with Crippen LogP contribution >= 0.6 is 0 Å². The van der Waals surface area contributed by atoms with Crippen molar-refractivity contribution in [3.63, 3.8) is 0 Å². The Morgan fingerprint density at radius 3 is 1.19 bits per heavy atom. The monoisotopic (exact) mass is 216 g/mol. The molecule has 0 atom stereocenters. The molecule has 0 fully saturated rings. The van der Waals surface area contributed by atoms with E-state index in [1.807, 2.05) is 12.1 Å². The topological polar surface area (TPSA) is 46.9 Å². The summed E-state index contributed by atoms with van der Waals surface area (Å²) in [6.07, 6.45) is 0. The lowest BCUT2D eigenvalue weighted by atomic mass is 10.3. The van der Waals surface area contributed by atoms with Gasteiger partial charge < -0.3 is 0 Å². The Hall–Kier alpha value is -2.04. The molecular formula is C12H12N2O2. The molecule has 2 N–H and O–H groups in total. The summed E-state index contributed by atoms with van der Waals surface area (Å²) in [5.74, 6) is 0. The average molecular weight is 216 g/mol. The minimum absolute atomic E-state index is 0.480. The van der Waals surface area contributed by atoms with Crippen molar-refractivity contribution in [1.29, 1.82) is 0 Å². The highest BCUT2D eigenvalue weighted by Crippen LogP contribution is 2.18. The highest BCUT2D eigenvalue weighted by Gasteiger charge is 2.11. The number of para-hydroxylation sites is 2. The van der Waals surface area contributed by atoms with Gasteiger partial charge in [0.2, 0.25) is 0 Å². The van der Waals surface area contributed by atoms with E-state index in [1.165, 1.54) is 0 Å². The lowest BCUT2D eigenvalue weighted by Crippen LogP contribution is -2.37. The molecule has 0 amide bonds. The van der Waals surface area contributed by atoms with Gasteiger partial charge in [0.25, 0.3) is 0 Å². The number of anilines is 2. The zero-order chi connectivity index (χ0) is 11.4.